The highest BCUT2D eigenvalue weighted by Gasteiger charge is 2.26. The third-order valence-corrected chi connectivity index (χ3v) is 4.71. The van der Waals surface area contributed by atoms with Gasteiger partial charge in [0.25, 0.3) is 0 Å². The fourth-order valence-electron chi connectivity index (χ4n) is 3.35. The largest absolute Gasteiger partial charge is 0.504 e. The SMILES string of the molecule is COc1cc(C2OCCO2)cc(-c2cc(C3OCCO3)cc(OC)c2O)c1O. The molecule has 2 N–H and O–H groups in total. The van der Waals surface area contributed by atoms with E-state index in [9.17, 15) is 10.2 Å². The molecule has 0 unspecified atom stereocenters. The third kappa shape index (κ3) is 3.35. The lowest BCUT2D eigenvalue weighted by molar-refractivity contribution is -0.0445. The fourth-order valence-corrected chi connectivity index (χ4v) is 3.35. The molecule has 0 aliphatic carbocycles. The first-order chi connectivity index (χ1) is 13.6. The Morgan fingerprint density at radius 1 is 0.679 bits per heavy atom. The molecule has 0 spiro atoms. The van der Waals surface area contributed by atoms with E-state index >= 15 is 0 Å². The Kier molecular flexibility index (Phi) is 5.27. The van der Waals surface area contributed by atoms with Gasteiger partial charge in [-0.15, -0.1) is 0 Å². The van der Waals surface area contributed by atoms with Gasteiger partial charge >= 0.3 is 0 Å². The predicted octanol–water partition coefficient (Wildman–Crippen LogP) is 2.87. The van der Waals surface area contributed by atoms with Gasteiger partial charge in [-0.25, -0.2) is 0 Å². The van der Waals surface area contributed by atoms with Crippen molar-refractivity contribution in [2.45, 2.75) is 12.6 Å². The Balaban J connectivity index is 1.87. The minimum absolute atomic E-state index is 0.119. The number of rotatable bonds is 5. The van der Waals surface area contributed by atoms with Gasteiger partial charge in [0, 0.05) is 22.3 Å². The van der Waals surface area contributed by atoms with E-state index in [4.69, 9.17) is 28.4 Å². The molecule has 0 bridgehead atoms. The molecule has 28 heavy (non-hydrogen) atoms. The number of methoxy groups -OCH3 is 2. The lowest BCUT2D eigenvalue weighted by Gasteiger charge is -2.19. The maximum Gasteiger partial charge on any atom is 0.184 e. The van der Waals surface area contributed by atoms with Crippen LogP contribution in [0.2, 0.25) is 0 Å². The lowest BCUT2D eigenvalue weighted by Crippen LogP contribution is -2.02. The van der Waals surface area contributed by atoms with Crippen LogP contribution in [-0.4, -0.2) is 50.9 Å². The maximum absolute atomic E-state index is 10.7. The molecular weight excluding hydrogens is 368 g/mol. The average molecular weight is 390 g/mol. The molecule has 0 saturated carbocycles. The number of hydrogen-bond donors (Lipinski definition) is 2. The smallest absolute Gasteiger partial charge is 0.184 e. The summed E-state index contributed by atoms with van der Waals surface area (Å²) >= 11 is 0. The van der Waals surface area contributed by atoms with Gasteiger partial charge in [-0.2, -0.15) is 0 Å². The minimum Gasteiger partial charge on any atom is -0.504 e. The summed E-state index contributed by atoms with van der Waals surface area (Å²) in [6, 6.07) is 6.69. The van der Waals surface area contributed by atoms with Crippen LogP contribution >= 0.6 is 0 Å². The molecule has 2 aliphatic rings. The Hall–Kier alpha value is -2.52. The highest BCUT2D eigenvalue weighted by molar-refractivity contribution is 5.81. The van der Waals surface area contributed by atoms with E-state index in [-0.39, 0.29) is 23.0 Å². The third-order valence-electron chi connectivity index (χ3n) is 4.71. The van der Waals surface area contributed by atoms with Gasteiger partial charge in [0.05, 0.1) is 40.6 Å². The lowest BCUT2D eigenvalue weighted by atomic mass is 9.97. The van der Waals surface area contributed by atoms with E-state index < -0.39 is 12.6 Å². The molecule has 0 radical (unpaired) electrons. The Morgan fingerprint density at radius 2 is 1.04 bits per heavy atom. The number of ether oxygens (including phenoxy) is 6. The van der Waals surface area contributed by atoms with Crippen LogP contribution in [0, 0.1) is 0 Å². The molecule has 2 fully saturated rings. The molecule has 2 heterocycles. The van der Waals surface area contributed by atoms with Crippen LogP contribution in [0.1, 0.15) is 23.7 Å². The number of benzene rings is 2. The van der Waals surface area contributed by atoms with Crippen molar-refractivity contribution >= 4 is 0 Å². The molecular formula is C20H22O8. The summed E-state index contributed by atoms with van der Waals surface area (Å²) in [5, 5.41) is 21.5. The molecule has 2 aliphatic heterocycles. The van der Waals surface area contributed by atoms with Crippen molar-refractivity contribution in [1.82, 2.24) is 0 Å². The summed E-state index contributed by atoms with van der Waals surface area (Å²) in [5.74, 6) is 0.242. The van der Waals surface area contributed by atoms with Crippen molar-refractivity contribution in [3.8, 4) is 34.1 Å². The Bertz CT molecular complexity index is 782. The summed E-state index contributed by atoms with van der Waals surface area (Å²) in [5.41, 5.74) is 2.03. The zero-order valence-electron chi connectivity index (χ0n) is 15.6. The van der Waals surface area contributed by atoms with E-state index in [2.05, 4.69) is 0 Å². The van der Waals surface area contributed by atoms with Crippen molar-refractivity contribution in [2.24, 2.45) is 0 Å². The Labute approximate surface area is 162 Å². The summed E-state index contributed by atoms with van der Waals surface area (Å²) < 4.78 is 32.9. The van der Waals surface area contributed by atoms with Crippen molar-refractivity contribution in [2.75, 3.05) is 40.6 Å². The van der Waals surface area contributed by atoms with Crippen LogP contribution in [0.5, 0.6) is 23.0 Å². The van der Waals surface area contributed by atoms with Gasteiger partial charge in [-0.05, 0) is 24.3 Å². The normalized spacial score (nSPS) is 17.9. The van der Waals surface area contributed by atoms with Gasteiger partial charge in [0.1, 0.15) is 0 Å². The Morgan fingerprint density at radius 3 is 1.36 bits per heavy atom. The molecule has 8 nitrogen and oxygen atoms in total. The second kappa shape index (κ2) is 7.84. The van der Waals surface area contributed by atoms with E-state index in [1.165, 1.54) is 14.2 Å². The zero-order valence-corrected chi connectivity index (χ0v) is 15.6. The van der Waals surface area contributed by atoms with Crippen LogP contribution in [0.25, 0.3) is 11.1 Å². The molecule has 2 saturated heterocycles. The molecule has 0 aromatic heterocycles. The number of phenolic OH excluding ortho intramolecular Hbond substituents is 2. The van der Waals surface area contributed by atoms with Crippen LogP contribution in [0.3, 0.4) is 0 Å². The molecule has 0 atom stereocenters. The fraction of sp³-hybridized carbons (Fsp3) is 0.400. The van der Waals surface area contributed by atoms with E-state index in [1.807, 2.05) is 0 Å². The molecule has 8 heteroatoms. The van der Waals surface area contributed by atoms with Crippen LogP contribution in [0.4, 0.5) is 0 Å². The van der Waals surface area contributed by atoms with Gasteiger partial charge in [-0.3, -0.25) is 0 Å². The zero-order chi connectivity index (χ0) is 19.7. The monoisotopic (exact) mass is 390 g/mol. The van der Waals surface area contributed by atoms with Gasteiger partial charge in [0.15, 0.2) is 35.6 Å². The predicted molar refractivity (Wildman–Crippen MR) is 97.6 cm³/mol. The molecule has 2 aromatic carbocycles. The molecule has 0 amide bonds. The first-order valence-electron chi connectivity index (χ1n) is 8.91. The molecule has 150 valence electrons. The quantitative estimate of drug-likeness (QED) is 0.805. The van der Waals surface area contributed by atoms with E-state index in [0.29, 0.717) is 48.7 Å². The summed E-state index contributed by atoms with van der Waals surface area (Å²) in [4.78, 5) is 0. The first-order valence-corrected chi connectivity index (χ1v) is 8.91. The van der Waals surface area contributed by atoms with Crippen LogP contribution < -0.4 is 9.47 Å². The second-order valence-corrected chi connectivity index (χ2v) is 6.39. The van der Waals surface area contributed by atoms with Crippen molar-refractivity contribution in [1.29, 1.82) is 0 Å². The van der Waals surface area contributed by atoms with Gasteiger partial charge in [0.2, 0.25) is 0 Å². The standard InChI is InChI=1S/C20H22O8/c1-23-15-9-11(19-25-3-4-26-19)7-13(17(15)21)14-8-12(20-27-5-6-28-20)10-16(24-2)18(14)22/h7-10,19-22H,3-6H2,1-2H3. The maximum atomic E-state index is 10.7. The second-order valence-electron chi connectivity index (χ2n) is 6.39. The number of hydrogen-bond acceptors (Lipinski definition) is 8. The average Bonchev–Trinajstić information content (AvgIpc) is 3.43. The van der Waals surface area contributed by atoms with Crippen molar-refractivity contribution in [3.05, 3.63) is 35.4 Å². The summed E-state index contributed by atoms with van der Waals surface area (Å²) in [6.45, 7) is 1.92. The van der Waals surface area contributed by atoms with E-state index in [1.54, 1.807) is 24.3 Å². The molecule has 2 aromatic rings. The number of aromatic hydroxyl groups is 2. The van der Waals surface area contributed by atoms with Gasteiger partial charge in [-0.1, -0.05) is 0 Å². The topological polar surface area (TPSA) is 95.8 Å². The molecule has 4 rings (SSSR count). The van der Waals surface area contributed by atoms with Crippen molar-refractivity contribution in [3.63, 3.8) is 0 Å². The van der Waals surface area contributed by atoms with Crippen molar-refractivity contribution < 1.29 is 38.6 Å². The number of phenols is 2. The summed E-state index contributed by atoms with van der Waals surface area (Å²) in [7, 11) is 2.91. The van der Waals surface area contributed by atoms with E-state index in [0.717, 1.165) is 0 Å². The summed E-state index contributed by atoms with van der Waals surface area (Å²) in [6.07, 6.45) is -1.14. The van der Waals surface area contributed by atoms with Crippen LogP contribution in [-0.2, 0) is 18.9 Å². The van der Waals surface area contributed by atoms with Gasteiger partial charge < -0.3 is 38.6 Å². The minimum atomic E-state index is -0.568. The first kappa shape index (κ1) is 18.8. The van der Waals surface area contributed by atoms with Crippen LogP contribution in [0.15, 0.2) is 24.3 Å². The highest BCUT2D eigenvalue weighted by Crippen LogP contribution is 2.47. The highest BCUT2D eigenvalue weighted by atomic mass is 16.7.